The summed E-state index contributed by atoms with van der Waals surface area (Å²) in [5.41, 5.74) is 0. The summed E-state index contributed by atoms with van der Waals surface area (Å²) < 4.78 is 9.53. The fourth-order valence-corrected chi connectivity index (χ4v) is 2.54. The van der Waals surface area contributed by atoms with Crippen LogP contribution >= 0.6 is 0 Å². The van der Waals surface area contributed by atoms with E-state index in [1.807, 2.05) is 0 Å². The maximum absolute atomic E-state index is 11.9. The molecule has 0 spiro atoms. The van der Waals surface area contributed by atoms with E-state index in [0.717, 1.165) is 0 Å². The quantitative estimate of drug-likeness (QED) is 0.763. The van der Waals surface area contributed by atoms with Gasteiger partial charge in [0.2, 0.25) is 5.91 Å². The van der Waals surface area contributed by atoms with Crippen LogP contribution in [0.3, 0.4) is 0 Å². The third-order valence-corrected chi connectivity index (χ3v) is 3.47. The number of amides is 2. The highest BCUT2D eigenvalue weighted by Crippen LogP contribution is 2.21. The molecule has 2 unspecified atom stereocenters. The van der Waals surface area contributed by atoms with Crippen LogP contribution < -0.4 is 5.32 Å². The van der Waals surface area contributed by atoms with Crippen LogP contribution in [-0.4, -0.2) is 55.7 Å². The van der Waals surface area contributed by atoms with Gasteiger partial charge in [0.25, 0.3) is 0 Å². The SMILES string of the molecule is CCOC(=O)NC1CC(CC(=O)OC)CN(C(=O)CC)C1. The first-order valence-electron chi connectivity index (χ1n) is 7.27. The highest BCUT2D eigenvalue weighted by molar-refractivity contribution is 5.76. The Balaban J connectivity index is 2.67. The molecule has 1 saturated heterocycles. The molecular formula is C14H24N2O5. The number of hydrogen-bond donors (Lipinski definition) is 1. The van der Waals surface area contributed by atoms with Crippen molar-refractivity contribution >= 4 is 18.0 Å². The summed E-state index contributed by atoms with van der Waals surface area (Å²) in [6.07, 6.45) is 0.772. The average molecular weight is 300 g/mol. The lowest BCUT2D eigenvalue weighted by atomic mass is 9.91. The Morgan fingerprint density at radius 2 is 1.95 bits per heavy atom. The van der Waals surface area contributed by atoms with E-state index in [-0.39, 0.29) is 30.3 Å². The monoisotopic (exact) mass is 300 g/mol. The summed E-state index contributed by atoms with van der Waals surface area (Å²) in [5.74, 6) is -0.311. The van der Waals surface area contributed by atoms with Crippen molar-refractivity contribution < 1.29 is 23.9 Å². The third-order valence-electron chi connectivity index (χ3n) is 3.47. The first-order valence-corrected chi connectivity index (χ1v) is 7.27. The van der Waals surface area contributed by atoms with E-state index in [9.17, 15) is 14.4 Å². The van der Waals surface area contributed by atoms with Crippen LogP contribution in [0.4, 0.5) is 4.79 Å². The van der Waals surface area contributed by atoms with Crippen molar-refractivity contribution in [3.8, 4) is 0 Å². The Morgan fingerprint density at radius 1 is 1.24 bits per heavy atom. The van der Waals surface area contributed by atoms with Gasteiger partial charge in [0.1, 0.15) is 0 Å². The smallest absolute Gasteiger partial charge is 0.407 e. The van der Waals surface area contributed by atoms with Gasteiger partial charge in [-0.1, -0.05) is 6.92 Å². The summed E-state index contributed by atoms with van der Waals surface area (Å²) in [5, 5.41) is 2.74. The van der Waals surface area contributed by atoms with E-state index < -0.39 is 6.09 Å². The molecule has 7 heteroatoms. The lowest BCUT2D eigenvalue weighted by Gasteiger charge is -2.37. The van der Waals surface area contributed by atoms with Gasteiger partial charge in [-0.3, -0.25) is 9.59 Å². The van der Waals surface area contributed by atoms with Gasteiger partial charge < -0.3 is 19.7 Å². The normalized spacial score (nSPS) is 21.6. The predicted octanol–water partition coefficient (Wildman–Crippen LogP) is 0.923. The fourth-order valence-electron chi connectivity index (χ4n) is 2.54. The Labute approximate surface area is 124 Å². The van der Waals surface area contributed by atoms with E-state index in [1.165, 1.54) is 7.11 Å². The van der Waals surface area contributed by atoms with Crippen LogP contribution in [0.25, 0.3) is 0 Å². The van der Waals surface area contributed by atoms with E-state index in [1.54, 1.807) is 18.7 Å². The number of piperidine rings is 1. The first kappa shape index (κ1) is 17.3. The van der Waals surface area contributed by atoms with Crippen molar-refractivity contribution in [3.63, 3.8) is 0 Å². The molecule has 1 fully saturated rings. The lowest BCUT2D eigenvalue weighted by Crippen LogP contribution is -2.52. The molecule has 1 heterocycles. The molecule has 0 aliphatic carbocycles. The Kier molecular flexibility index (Phi) is 6.98. The van der Waals surface area contributed by atoms with Crippen molar-refractivity contribution in [1.29, 1.82) is 0 Å². The summed E-state index contributed by atoms with van der Waals surface area (Å²) in [6, 6.07) is -0.206. The number of rotatable bonds is 5. The van der Waals surface area contributed by atoms with E-state index in [2.05, 4.69) is 10.1 Å². The van der Waals surface area contributed by atoms with Gasteiger partial charge in [0.15, 0.2) is 0 Å². The minimum atomic E-state index is -0.495. The summed E-state index contributed by atoms with van der Waals surface area (Å²) in [4.78, 5) is 36.5. The number of ether oxygens (including phenoxy) is 2. The average Bonchev–Trinajstić information content (AvgIpc) is 2.46. The van der Waals surface area contributed by atoms with E-state index in [0.29, 0.717) is 32.5 Å². The highest BCUT2D eigenvalue weighted by atomic mass is 16.5. The van der Waals surface area contributed by atoms with Crippen LogP contribution in [0, 0.1) is 5.92 Å². The van der Waals surface area contributed by atoms with Crippen LogP contribution in [0.5, 0.6) is 0 Å². The van der Waals surface area contributed by atoms with E-state index >= 15 is 0 Å². The number of methoxy groups -OCH3 is 1. The van der Waals surface area contributed by atoms with Gasteiger partial charge in [-0.2, -0.15) is 0 Å². The minimum absolute atomic E-state index is 0.0141. The van der Waals surface area contributed by atoms with Crippen molar-refractivity contribution in [2.75, 3.05) is 26.8 Å². The lowest BCUT2D eigenvalue weighted by molar-refractivity contribution is -0.143. The molecule has 0 bridgehead atoms. The number of likely N-dealkylation sites (tertiary alicyclic amines) is 1. The minimum Gasteiger partial charge on any atom is -0.469 e. The molecule has 1 aliphatic heterocycles. The number of carbonyl (C=O) groups is 3. The maximum Gasteiger partial charge on any atom is 0.407 e. The van der Waals surface area contributed by atoms with E-state index in [4.69, 9.17) is 4.74 Å². The Morgan fingerprint density at radius 3 is 2.52 bits per heavy atom. The second-order valence-corrected chi connectivity index (χ2v) is 5.10. The highest BCUT2D eigenvalue weighted by Gasteiger charge is 2.31. The zero-order valence-electron chi connectivity index (χ0n) is 12.9. The van der Waals surface area contributed by atoms with Gasteiger partial charge >= 0.3 is 12.1 Å². The molecule has 0 radical (unpaired) electrons. The molecule has 1 N–H and O–H groups in total. The largest absolute Gasteiger partial charge is 0.469 e. The summed E-state index contributed by atoms with van der Waals surface area (Å²) in [6.45, 7) is 4.78. The number of alkyl carbamates (subject to hydrolysis) is 1. The molecule has 7 nitrogen and oxygen atoms in total. The molecule has 1 aliphatic rings. The Hall–Kier alpha value is -1.79. The first-order chi connectivity index (χ1) is 9.99. The van der Waals surface area contributed by atoms with Gasteiger partial charge in [-0.05, 0) is 19.3 Å². The van der Waals surface area contributed by atoms with Gasteiger partial charge in [-0.25, -0.2) is 4.79 Å². The summed E-state index contributed by atoms with van der Waals surface area (Å²) >= 11 is 0. The zero-order chi connectivity index (χ0) is 15.8. The molecule has 0 aromatic carbocycles. The number of esters is 1. The summed E-state index contributed by atoms with van der Waals surface area (Å²) in [7, 11) is 1.34. The molecule has 0 aromatic heterocycles. The molecule has 0 aromatic rings. The van der Waals surface area contributed by atoms with Crippen molar-refractivity contribution in [2.24, 2.45) is 5.92 Å². The van der Waals surface area contributed by atoms with Crippen LogP contribution in [-0.2, 0) is 19.1 Å². The third kappa shape index (κ3) is 5.61. The number of nitrogens with zero attached hydrogens (tertiary/aromatic N) is 1. The Bertz CT molecular complexity index is 386. The number of carbonyl (C=O) groups excluding carboxylic acids is 3. The standard InChI is InChI=1S/C14H24N2O5/c1-4-12(17)16-8-10(7-13(18)20-3)6-11(9-16)15-14(19)21-5-2/h10-11H,4-9H2,1-3H3,(H,15,19). The molecule has 2 amide bonds. The fraction of sp³-hybridized carbons (Fsp3) is 0.786. The van der Waals surface area contributed by atoms with Crippen molar-refractivity contribution in [2.45, 2.75) is 39.2 Å². The molecule has 1 rings (SSSR count). The molecule has 0 saturated carbocycles. The molecule has 120 valence electrons. The number of hydrogen-bond acceptors (Lipinski definition) is 5. The molecular weight excluding hydrogens is 276 g/mol. The van der Waals surface area contributed by atoms with Crippen molar-refractivity contribution in [1.82, 2.24) is 10.2 Å². The van der Waals surface area contributed by atoms with Gasteiger partial charge in [0, 0.05) is 19.5 Å². The van der Waals surface area contributed by atoms with Crippen LogP contribution in [0.1, 0.15) is 33.1 Å². The molecule has 2 atom stereocenters. The maximum atomic E-state index is 11.9. The van der Waals surface area contributed by atoms with Gasteiger partial charge in [-0.15, -0.1) is 0 Å². The number of nitrogens with one attached hydrogen (secondary N) is 1. The predicted molar refractivity (Wildman–Crippen MR) is 75.6 cm³/mol. The second kappa shape index (κ2) is 8.49. The van der Waals surface area contributed by atoms with Gasteiger partial charge in [0.05, 0.1) is 26.2 Å². The topological polar surface area (TPSA) is 84.9 Å². The van der Waals surface area contributed by atoms with Crippen LogP contribution in [0.15, 0.2) is 0 Å². The van der Waals surface area contributed by atoms with Crippen LogP contribution in [0.2, 0.25) is 0 Å². The molecule has 21 heavy (non-hydrogen) atoms. The second-order valence-electron chi connectivity index (χ2n) is 5.10. The van der Waals surface area contributed by atoms with Crippen molar-refractivity contribution in [3.05, 3.63) is 0 Å². The zero-order valence-corrected chi connectivity index (χ0v) is 12.9.